The molecule has 0 saturated carbocycles. The number of aryl methyl sites for hydroxylation is 1. The molecule has 10 N–H and O–H groups in total. The summed E-state index contributed by atoms with van der Waals surface area (Å²) in [6, 6.07) is 18.7. The van der Waals surface area contributed by atoms with Crippen LogP contribution in [0.15, 0.2) is 84.9 Å². The second kappa shape index (κ2) is 45.8. The number of likely N-dealkylation sites (N-methyl/N-ethyl adjacent to an activating group) is 2. The van der Waals surface area contributed by atoms with Gasteiger partial charge in [0, 0.05) is 90.3 Å². The number of aromatic nitrogens is 1. The van der Waals surface area contributed by atoms with Crippen molar-refractivity contribution in [2.45, 2.75) is 233 Å². The molecule has 0 radical (unpaired) electrons. The first-order valence-corrected chi connectivity index (χ1v) is 38.9. The van der Waals surface area contributed by atoms with Crippen molar-refractivity contribution in [3.8, 4) is 11.8 Å². The van der Waals surface area contributed by atoms with E-state index in [1.165, 1.54) is 36.9 Å². The lowest BCUT2D eigenvalue weighted by Gasteiger charge is -2.41. The number of anilines is 2. The molecule has 1 saturated heterocycles. The zero-order chi connectivity index (χ0) is 81.5. The highest BCUT2D eigenvalue weighted by atomic mass is 16.6. The summed E-state index contributed by atoms with van der Waals surface area (Å²) >= 11 is 0. The van der Waals surface area contributed by atoms with Crippen LogP contribution in [0.3, 0.4) is 0 Å². The highest BCUT2D eigenvalue weighted by molar-refractivity contribution is 5.98. The van der Waals surface area contributed by atoms with Crippen LogP contribution in [0, 0.1) is 29.6 Å². The zero-order valence-corrected chi connectivity index (χ0v) is 67.7. The first kappa shape index (κ1) is 91.3. The van der Waals surface area contributed by atoms with Crippen LogP contribution in [0.4, 0.5) is 21.0 Å². The SMILES string of the molecule is CCc1cc(O)n(CCCCCC(=O)NC(CC(C)C)C(=O)NC(CCCNC(N)=O)C(=O)Nc2ccc(COC(=O)N(C)c3ccc(CCN(C)C(C(=O)NC(CC(C)C)C(=O)N(C)C(C(C)CC)C(CC(=O)N4CCCC4C(OC)C(C)C(=O)NC(Cc4ccccc4)C(=O)OC)OC)C(C)C)cc3)cc2)c1O. The Hall–Kier alpha value is -9.28. The quantitative estimate of drug-likeness (QED) is 0.0147. The van der Waals surface area contributed by atoms with Crippen LogP contribution in [0.25, 0.3) is 0 Å². The van der Waals surface area contributed by atoms with Crippen LogP contribution in [0.2, 0.25) is 0 Å². The van der Waals surface area contributed by atoms with E-state index in [2.05, 4.69) is 31.9 Å². The number of rotatable bonds is 46. The average Bonchev–Trinajstić information content (AvgIpc) is 1.77. The number of carbonyl (C=O) groups excluding carboxylic acids is 10. The number of nitrogens with two attached hydrogens (primary N) is 1. The molecule has 3 aromatic carbocycles. The van der Waals surface area contributed by atoms with Crippen LogP contribution >= 0.6 is 0 Å². The number of hydrogen-bond acceptors (Lipinski definition) is 17. The summed E-state index contributed by atoms with van der Waals surface area (Å²) in [5.41, 5.74) is 9.31. The van der Waals surface area contributed by atoms with Crippen LogP contribution in [0.5, 0.6) is 11.8 Å². The molecule has 110 heavy (non-hydrogen) atoms. The minimum absolute atomic E-state index is 0.00508. The molecule has 28 nitrogen and oxygen atoms in total. The molecule has 1 aliphatic heterocycles. The number of urea groups is 1. The van der Waals surface area contributed by atoms with Gasteiger partial charge < -0.3 is 76.6 Å². The standard InChI is InChI=1S/C82H126N12O16/c1-17-54(9)72(67(107-14)49-70(97)93-43-26-30-66(93)73(108-15)55(10)74(98)89-65(80(104)109-16)47-57-27-21-19-22-28-57)92(13)79(103)64(46-52(5)6)88-77(101)71(53(7)8)90(11)44-40-56-34-38-61(39-35-56)91(12)82(106)110-50-58-32-36-60(37-33-58)85-75(99)62(29-25-41-84-81(83)105)87-76(100)63(45-51(3)4)86-68(95)31-23-20-24-42-94-69(96)48-59(18-2)78(94)102/h19,21-22,27-28,32-39,48,51-55,62-67,71-73,96,102H,17-18,20,23-26,29-31,40-47,49-50H2,1-16H3,(H,85,99)(H,86,95)(H,87,100)(H,88,101)(H,89,98)(H3,83,84,105). The monoisotopic (exact) mass is 1530 g/mol. The maximum absolute atomic E-state index is 15.0. The van der Waals surface area contributed by atoms with Crippen LogP contribution in [0.1, 0.15) is 169 Å². The predicted octanol–water partition coefficient (Wildman–Crippen LogP) is 8.75. The molecular weight excluding hydrogens is 1410 g/mol. The number of nitrogens with one attached hydrogen (secondary N) is 6. The molecule has 28 heteroatoms. The molecule has 11 atom stereocenters. The Morgan fingerprint density at radius 2 is 1.32 bits per heavy atom. The lowest BCUT2D eigenvalue weighted by atomic mass is 9.89. The molecule has 0 bridgehead atoms. The van der Waals surface area contributed by atoms with Gasteiger partial charge in [-0.3, -0.25) is 47.9 Å². The largest absolute Gasteiger partial charge is 0.494 e. The van der Waals surface area contributed by atoms with E-state index < -0.39 is 96.2 Å². The highest BCUT2D eigenvalue weighted by Crippen LogP contribution is 2.32. The number of aromatic hydroxyl groups is 2. The van der Waals surface area contributed by atoms with E-state index in [4.69, 9.17) is 24.7 Å². The van der Waals surface area contributed by atoms with Crippen molar-refractivity contribution < 1.29 is 77.1 Å². The molecule has 1 aliphatic rings. The van der Waals surface area contributed by atoms with Gasteiger partial charge in [0.2, 0.25) is 41.4 Å². The van der Waals surface area contributed by atoms with Gasteiger partial charge in [-0.25, -0.2) is 14.4 Å². The maximum atomic E-state index is 15.0. The Morgan fingerprint density at radius 1 is 0.682 bits per heavy atom. The number of methoxy groups -OCH3 is 3. The third-order valence-electron chi connectivity index (χ3n) is 20.7. The normalized spacial score (nSPS) is 15.6. The minimum atomic E-state index is -1.07. The van der Waals surface area contributed by atoms with Crippen LogP contribution < -0.4 is 42.5 Å². The molecule has 610 valence electrons. The molecule has 1 aromatic heterocycles. The van der Waals surface area contributed by atoms with Crippen LogP contribution in [-0.2, 0) is 89.7 Å². The molecule has 0 aliphatic carbocycles. The van der Waals surface area contributed by atoms with Crippen LogP contribution in [-0.4, -0.2) is 206 Å². The second-order valence-corrected chi connectivity index (χ2v) is 30.4. The summed E-state index contributed by atoms with van der Waals surface area (Å²) in [6.07, 6.45) is 4.05. The number of unbranched alkanes of at least 4 members (excludes halogenated alkanes) is 2. The lowest BCUT2D eigenvalue weighted by molar-refractivity contribution is -0.148. The van der Waals surface area contributed by atoms with Crippen molar-refractivity contribution in [1.82, 2.24) is 45.9 Å². The zero-order valence-electron chi connectivity index (χ0n) is 67.7. The number of hydrogen-bond donors (Lipinski definition) is 9. The number of amides is 10. The topological polar surface area (TPSA) is 364 Å². The minimum Gasteiger partial charge on any atom is -0.494 e. The van der Waals surface area contributed by atoms with Crippen molar-refractivity contribution in [3.63, 3.8) is 0 Å². The number of primary amides is 1. The maximum Gasteiger partial charge on any atom is 0.414 e. The van der Waals surface area contributed by atoms with E-state index in [-0.39, 0.29) is 104 Å². The van der Waals surface area contributed by atoms with Gasteiger partial charge in [-0.15, -0.1) is 0 Å². The van der Waals surface area contributed by atoms with Gasteiger partial charge in [0.15, 0.2) is 11.8 Å². The van der Waals surface area contributed by atoms with Gasteiger partial charge in [0.05, 0.1) is 49.8 Å². The smallest absolute Gasteiger partial charge is 0.414 e. The summed E-state index contributed by atoms with van der Waals surface area (Å²) in [4.78, 5) is 144. The van der Waals surface area contributed by atoms with Gasteiger partial charge in [0.25, 0.3) is 0 Å². The van der Waals surface area contributed by atoms with Gasteiger partial charge >= 0.3 is 18.1 Å². The third kappa shape index (κ3) is 27.9. The third-order valence-corrected chi connectivity index (χ3v) is 20.7. The number of benzene rings is 3. The summed E-state index contributed by atoms with van der Waals surface area (Å²) in [7, 11) is 9.51. The molecular formula is C82H126N12O16. The average molecular weight is 1540 g/mol. The number of esters is 1. The second-order valence-electron chi connectivity index (χ2n) is 30.4. The van der Waals surface area contributed by atoms with Gasteiger partial charge in [-0.2, -0.15) is 0 Å². The molecule has 11 unspecified atom stereocenters. The molecule has 5 rings (SSSR count). The molecule has 4 aromatic rings. The van der Waals surface area contributed by atoms with E-state index in [0.29, 0.717) is 106 Å². The number of nitrogens with zero attached hydrogens (tertiary/aromatic N) is 5. The van der Waals surface area contributed by atoms with Crippen molar-refractivity contribution in [2.24, 2.45) is 35.3 Å². The Balaban J connectivity index is 1.15. The summed E-state index contributed by atoms with van der Waals surface area (Å²) in [6.45, 7) is 20.7. The Labute approximate surface area is 650 Å². The van der Waals surface area contributed by atoms with Crippen molar-refractivity contribution in [3.05, 3.63) is 107 Å². The fourth-order valence-corrected chi connectivity index (χ4v) is 14.4. The molecule has 1 fully saturated rings. The Morgan fingerprint density at radius 3 is 1.91 bits per heavy atom. The number of carbonyl (C=O) groups is 10. The fourth-order valence-electron chi connectivity index (χ4n) is 14.4. The van der Waals surface area contributed by atoms with E-state index in [1.54, 1.807) is 55.1 Å². The molecule has 10 amide bonds. The van der Waals surface area contributed by atoms with Crippen molar-refractivity contribution >= 4 is 70.8 Å². The summed E-state index contributed by atoms with van der Waals surface area (Å²) in [5, 5.41) is 37.6. The van der Waals surface area contributed by atoms with Gasteiger partial charge in [-0.1, -0.05) is 137 Å². The van der Waals surface area contributed by atoms with Gasteiger partial charge in [0.1, 0.15) is 30.8 Å². The van der Waals surface area contributed by atoms with Gasteiger partial charge in [-0.05, 0) is 136 Å². The van der Waals surface area contributed by atoms with E-state index in [0.717, 1.165) is 11.1 Å². The van der Waals surface area contributed by atoms with Crippen molar-refractivity contribution in [1.29, 1.82) is 0 Å². The van der Waals surface area contributed by atoms with E-state index in [1.807, 2.05) is 129 Å². The first-order valence-electron chi connectivity index (χ1n) is 38.9. The number of ether oxygens (including phenoxy) is 4. The fraction of sp³-hybridized carbons (Fsp3) is 0.610. The van der Waals surface area contributed by atoms with Crippen molar-refractivity contribution in [2.75, 3.05) is 72.3 Å². The molecule has 0 spiro atoms. The first-order chi connectivity index (χ1) is 52.3. The van der Waals surface area contributed by atoms with E-state index >= 15 is 4.79 Å². The lowest BCUT2D eigenvalue weighted by Crippen LogP contribution is -2.59. The number of likely N-dealkylation sites (tertiary alicyclic amines) is 1. The summed E-state index contributed by atoms with van der Waals surface area (Å²) in [5.74, 6) is -4.26. The highest BCUT2D eigenvalue weighted by Gasteiger charge is 2.44. The summed E-state index contributed by atoms with van der Waals surface area (Å²) < 4.78 is 24.4. The Bertz CT molecular complexity index is 3590. The Kier molecular flexibility index (Phi) is 38.0. The predicted molar refractivity (Wildman–Crippen MR) is 422 cm³/mol. The van der Waals surface area contributed by atoms with E-state index in [9.17, 15) is 53.4 Å². The molecule has 2 heterocycles.